The summed E-state index contributed by atoms with van der Waals surface area (Å²) in [5.41, 5.74) is 0. The molecule has 1 saturated heterocycles. The number of benzene rings is 1. The Hall–Kier alpha value is -1.63. The number of thiophene rings is 1. The summed E-state index contributed by atoms with van der Waals surface area (Å²) in [6.45, 7) is 0.585. The van der Waals surface area contributed by atoms with Gasteiger partial charge in [-0.2, -0.15) is 0 Å². The average Bonchev–Trinajstić information content (AvgIpc) is 2.84. The Labute approximate surface area is 129 Å². The van der Waals surface area contributed by atoms with Crippen LogP contribution in [0.3, 0.4) is 0 Å². The molecule has 1 aromatic heterocycles. The summed E-state index contributed by atoms with van der Waals surface area (Å²) in [5, 5.41) is 10.4. The van der Waals surface area contributed by atoms with Crippen LogP contribution in [0.25, 0.3) is 10.1 Å². The van der Waals surface area contributed by atoms with Crippen molar-refractivity contribution >= 4 is 44.9 Å². The Morgan fingerprint density at radius 2 is 2.14 bits per heavy atom. The third-order valence-corrected chi connectivity index (χ3v) is 5.07. The summed E-state index contributed by atoms with van der Waals surface area (Å²) in [4.78, 5) is 25.6. The van der Waals surface area contributed by atoms with Crippen molar-refractivity contribution in [2.24, 2.45) is 0 Å². The van der Waals surface area contributed by atoms with Crippen LogP contribution in [0.15, 0.2) is 24.3 Å². The topological polar surface area (TPSA) is 66.8 Å². The van der Waals surface area contributed by atoms with Gasteiger partial charge < -0.3 is 14.7 Å². The van der Waals surface area contributed by atoms with Gasteiger partial charge in [-0.05, 0) is 6.07 Å². The van der Waals surface area contributed by atoms with Crippen LogP contribution < -0.4 is 0 Å². The number of ether oxygens (including phenoxy) is 1. The largest absolute Gasteiger partial charge is 0.480 e. The normalized spacial score (nSPS) is 18.9. The lowest BCUT2D eigenvalue weighted by Gasteiger charge is -2.32. The van der Waals surface area contributed by atoms with Crippen LogP contribution in [0.2, 0.25) is 5.02 Å². The fraction of sp³-hybridized carbons (Fsp3) is 0.286. The molecule has 1 unspecified atom stereocenters. The van der Waals surface area contributed by atoms with Crippen molar-refractivity contribution in [2.45, 2.75) is 6.04 Å². The molecule has 0 aliphatic carbocycles. The summed E-state index contributed by atoms with van der Waals surface area (Å²) in [6.07, 6.45) is 0. The number of amides is 1. The fourth-order valence-electron chi connectivity index (χ4n) is 2.33. The molecule has 7 heteroatoms. The molecule has 2 aromatic rings. The van der Waals surface area contributed by atoms with Crippen molar-refractivity contribution in [3.05, 3.63) is 34.2 Å². The summed E-state index contributed by atoms with van der Waals surface area (Å²) in [7, 11) is 0. The third-order valence-electron chi connectivity index (χ3n) is 3.40. The predicted octanol–water partition coefficient (Wildman–Crippen LogP) is 2.48. The van der Waals surface area contributed by atoms with Crippen molar-refractivity contribution in [3.63, 3.8) is 0 Å². The molecule has 0 spiro atoms. The molecule has 1 aromatic carbocycles. The van der Waals surface area contributed by atoms with Crippen LogP contribution in [0.4, 0.5) is 0 Å². The molecule has 1 aliphatic rings. The van der Waals surface area contributed by atoms with Crippen LogP contribution in [0.5, 0.6) is 0 Å². The minimum absolute atomic E-state index is 0.00356. The zero-order chi connectivity index (χ0) is 15.0. The Morgan fingerprint density at radius 1 is 1.38 bits per heavy atom. The summed E-state index contributed by atoms with van der Waals surface area (Å²) < 4.78 is 6.05. The Morgan fingerprint density at radius 3 is 2.86 bits per heavy atom. The molecule has 1 aliphatic heterocycles. The van der Waals surface area contributed by atoms with Gasteiger partial charge >= 0.3 is 5.97 Å². The first-order valence-corrected chi connectivity index (χ1v) is 7.57. The van der Waals surface area contributed by atoms with Crippen LogP contribution in [0.1, 0.15) is 9.67 Å². The Kier molecular flexibility index (Phi) is 3.84. The van der Waals surface area contributed by atoms with Crippen molar-refractivity contribution in [1.82, 2.24) is 4.90 Å². The summed E-state index contributed by atoms with van der Waals surface area (Å²) in [6, 6.07) is 6.49. The molecular formula is C14H12ClNO4S. The molecule has 3 rings (SSSR count). The van der Waals surface area contributed by atoms with Crippen LogP contribution >= 0.6 is 22.9 Å². The zero-order valence-corrected chi connectivity index (χ0v) is 12.5. The number of carboxylic acids is 1. The van der Waals surface area contributed by atoms with Crippen molar-refractivity contribution in [2.75, 3.05) is 19.8 Å². The van der Waals surface area contributed by atoms with Crippen LogP contribution in [-0.2, 0) is 9.53 Å². The number of morpholine rings is 1. The van der Waals surface area contributed by atoms with Gasteiger partial charge in [-0.15, -0.1) is 11.3 Å². The van der Waals surface area contributed by atoms with Gasteiger partial charge in [0.15, 0.2) is 6.04 Å². The lowest BCUT2D eigenvalue weighted by molar-refractivity contribution is -0.147. The van der Waals surface area contributed by atoms with E-state index in [4.69, 9.17) is 16.3 Å². The van der Waals surface area contributed by atoms with Crippen LogP contribution in [-0.4, -0.2) is 47.7 Å². The highest BCUT2D eigenvalue weighted by Gasteiger charge is 2.35. The number of nitrogens with zero attached hydrogens (tertiary/aromatic N) is 1. The van der Waals surface area contributed by atoms with Gasteiger partial charge in [0.25, 0.3) is 5.91 Å². The lowest BCUT2D eigenvalue weighted by atomic mass is 10.2. The summed E-state index contributed by atoms with van der Waals surface area (Å²) >= 11 is 7.57. The second-order valence-corrected chi connectivity index (χ2v) is 6.10. The van der Waals surface area contributed by atoms with Gasteiger partial charge in [0, 0.05) is 16.6 Å². The molecule has 1 amide bonds. The number of aliphatic carboxylic acids is 1. The minimum Gasteiger partial charge on any atom is -0.480 e. The van der Waals surface area contributed by atoms with Crippen molar-refractivity contribution in [3.8, 4) is 0 Å². The second-order valence-electron chi connectivity index (χ2n) is 4.67. The van der Waals surface area contributed by atoms with E-state index in [0.29, 0.717) is 16.5 Å². The molecule has 21 heavy (non-hydrogen) atoms. The molecule has 5 nitrogen and oxygen atoms in total. The number of rotatable bonds is 2. The predicted molar refractivity (Wildman–Crippen MR) is 80.1 cm³/mol. The van der Waals surface area contributed by atoms with E-state index >= 15 is 0 Å². The second kappa shape index (κ2) is 5.63. The van der Waals surface area contributed by atoms with E-state index in [1.165, 1.54) is 16.2 Å². The monoisotopic (exact) mass is 325 g/mol. The van der Waals surface area contributed by atoms with Gasteiger partial charge in [0.2, 0.25) is 0 Å². The van der Waals surface area contributed by atoms with Gasteiger partial charge in [0.05, 0.1) is 18.2 Å². The smallest absolute Gasteiger partial charge is 0.328 e. The first-order chi connectivity index (χ1) is 10.1. The van der Waals surface area contributed by atoms with E-state index in [0.717, 1.165) is 10.1 Å². The average molecular weight is 326 g/mol. The first-order valence-electron chi connectivity index (χ1n) is 6.38. The maximum Gasteiger partial charge on any atom is 0.328 e. The van der Waals surface area contributed by atoms with E-state index in [1.807, 2.05) is 24.3 Å². The fourth-order valence-corrected chi connectivity index (χ4v) is 3.80. The number of hydrogen-bond acceptors (Lipinski definition) is 4. The maximum atomic E-state index is 12.6. The van der Waals surface area contributed by atoms with E-state index in [9.17, 15) is 14.7 Å². The number of hydrogen-bond donors (Lipinski definition) is 1. The molecule has 0 radical (unpaired) electrons. The lowest BCUT2D eigenvalue weighted by Crippen LogP contribution is -2.52. The van der Waals surface area contributed by atoms with Gasteiger partial charge in [-0.3, -0.25) is 4.79 Å². The van der Waals surface area contributed by atoms with E-state index in [-0.39, 0.29) is 19.1 Å². The molecule has 0 bridgehead atoms. The van der Waals surface area contributed by atoms with Gasteiger partial charge in [-0.1, -0.05) is 29.8 Å². The Balaban J connectivity index is 1.99. The van der Waals surface area contributed by atoms with Crippen molar-refractivity contribution in [1.29, 1.82) is 0 Å². The molecule has 1 atom stereocenters. The van der Waals surface area contributed by atoms with E-state index in [2.05, 4.69) is 0 Å². The standard InChI is InChI=1S/C14H12ClNO4S/c15-11-8-3-1-2-4-10(8)21-12(11)13(17)16-5-6-20-7-9(16)14(18)19/h1-4,9H,5-7H2,(H,18,19). The maximum absolute atomic E-state index is 12.6. The molecule has 110 valence electrons. The zero-order valence-electron chi connectivity index (χ0n) is 10.9. The van der Waals surface area contributed by atoms with Crippen molar-refractivity contribution < 1.29 is 19.4 Å². The number of carboxylic acid groups (broad SMARTS) is 1. The molecule has 0 saturated carbocycles. The number of halogens is 1. The summed E-state index contributed by atoms with van der Waals surface area (Å²) in [5.74, 6) is -1.42. The highest BCUT2D eigenvalue weighted by Crippen LogP contribution is 2.36. The van der Waals surface area contributed by atoms with Gasteiger partial charge in [0.1, 0.15) is 4.88 Å². The van der Waals surface area contributed by atoms with Crippen LogP contribution in [0, 0.1) is 0 Å². The highest BCUT2D eigenvalue weighted by molar-refractivity contribution is 7.21. The van der Waals surface area contributed by atoms with E-state index < -0.39 is 12.0 Å². The first kappa shape index (κ1) is 14.3. The molecule has 2 heterocycles. The minimum atomic E-state index is -1.07. The quantitative estimate of drug-likeness (QED) is 0.921. The SMILES string of the molecule is O=C(O)C1COCCN1C(=O)c1sc2ccccc2c1Cl. The number of fused-ring (bicyclic) bond motifs is 1. The molecule has 1 N–H and O–H groups in total. The van der Waals surface area contributed by atoms with Gasteiger partial charge in [-0.25, -0.2) is 4.79 Å². The third kappa shape index (κ3) is 2.50. The highest BCUT2D eigenvalue weighted by atomic mass is 35.5. The Bertz CT molecular complexity index is 714. The molecule has 1 fully saturated rings. The number of carbonyl (C=O) groups is 2. The van der Waals surface area contributed by atoms with E-state index in [1.54, 1.807) is 0 Å². The number of carbonyl (C=O) groups excluding carboxylic acids is 1. The molecular weight excluding hydrogens is 314 g/mol.